The number of carboxylic acids is 1. The summed E-state index contributed by atoms with van der Waals surface area (Å²) in [7, 11) is 1.58. The number of phenols is 1. The van der Waals surface area contributed by atoms with Crippen LogP contribution >= 0.6 is 58.3 Å². The highest BCUT2D eigenvalue weighted by atomic mass is 35.5. The molecule has 2 atom stereocenters. The number of nitrogens with zero attached hydrogens (tertiary/aromatic N) is 3. The van der Waals surface area contributed by atoms with E-state index in [1.807, 2.05) is 133 Å². The summed E-state index contributed by atoms with van der Waals surface area (Å²) < 4.78 is 11.1. The molecule has 8 aromatic carbocycles. The number of ketones is 1. The lowest BCUT2D eigenvalue weighted by Crippen LogP contribution is -2.36. The highest BCUT2D eigenvalue weighted by Gasteiger charge is 2.41. The number of amidine groups is 1. The van der Waals surface area contributed by atoms with Crippen molar-refractivity contribution in [2.75, 3.05) is 28.5 Å². The molecule has 0 saturated carbocycles. The number of hydrogen-bond acceptors (Lipinski definition) is 12. The first-order valence-electron chi connectivity index (χ1n) is 27.9. The summed E-state index contributed by atoms with van der Waals surface area (Å²) in [4.78, 5) is 68.5. The van der Waals surface area contributed by atoms with E-state index in [1.54, 1.807) is 79.9 Å². The number of aromatic hydroxyl groups is 1. The number of aliphatic imine (C=N–C) groups is 1. The summed E-state index contributed by atoms with van der Waals surface area (Å²) in [6.07, 6.45) is 1.31. The molecule has 1 aliphatic heterocycles. The molecular formula is C69H65Cl3N6O9S2. The molecule has 20 heteroatoms. The van der Waals surface area contributed by atoms with Gasteiger partial charge in [0, 0.05) is 26.6 Å². The molecule has 15 nitrogen and oxygen atoms in total. The van der Waals surface area contributed by atoms with Crippen molar-refractivity contribution in [3.63, 3.8) is 0 Å². The van der Waals surface area contributed by atoms with Gasteiger partial charge in [-0.15, -0.1) is 23.5 Å². The van der Waals surface area contributed by atoms with Crippen molar-refractivity contribution in [2.45, 2.75) is 89.4 Å². The van der Waals surface area contributed by atoms with Crippen LogP contribution in [-0.4, -0.2) is 69.7 Å². The number of allylic oxidation sites excluding steroid dienone is 1. The molecule has 9 rings (SSSR count). The van der Waals surface area contributed by atoms with E-state index in [2.05, 4.69) is 16.1 Å². The number of fused-ring (bicyclic) bond motifs is 1. The topological polar surface area (TPSA) is 220 Å². The van der Waals surface area contributed by atoms with E-state index >= 15 is 0 Å². The number of aliphatic carboxylic acids is 1. The van der Waals surface area contributed by atoms with E-state index < -0.39 is 23.2 Å². The molecule has 1 heterocycles. The number of amides is 3. The first-order valence-corrected chi connectivity index (χ1v) is 30.9. The standard InChI is InChI=1S/C35H33Cl3N4O3S.C22H21NO4S.C12H11NO2/c1-6-28(45-29-14-12-19(2)15-22(29)5)34(43)40-26-9-7-8-10-30(26)46-32-33(39-27-18-20(3)11-13-23(27)36)41-42(35(32)44)31-24(37)16-21(4)17-25(31)38;1-13-7-8-14(2)18(11-13)23-22(27)17-12-19(28-10-9-20(24)25)15-5-3-4-6-16(15)21(17)26;1-9(14)11(8-13)7-10-3-5-12(15-2)6-4-10/h7-18,28,32H,6H2,1-5H3,(H,39,41)(H,40,43);3-8,11-12,26H,9-10H2,1-2H3,(H,23,27)(H,24,25);3-7H,1-2H3/b;;11-7-. The van der Waals surface area contributed by atoms with Gasteiger partial charge in [0.25, 0.3) is 17.7 Å². The second-order valence-electron chi connectivity index (χ2n) is 20.7. The number of carboxylic acid groups (broad SMARTS) is 1. The van der Waals surface area contributed by atoms with Crippen molar-refractivity contribution in [2.24, 2.45) is 4.99 Å². The maximum atomic E-state index is 14.1. The molecule has 0 spiro atoms. The normalized spacial score (nSPS) is 13.4. The molecule has 1 saturated heterocycles. The predicted octanol–water partition coefficient (Wildman–Crippen LogP) is 16.6. The summed E-state index contributed by atoms with van der Waals surface area (Å²) >= 11 is 22.3. The van der Waals surface area contributed by atoms with Crippen LogP contribution in [-0.2, 0) is 19.2 Å². The largest absolute Gasteiger partial charge is 0.506 e. The second kappa shape index (κ2) is 31.4. The van der Waals surface area contributed by atoms with E-state index in [9.17, 15) is 29.1 Å². The van der Waals surface area contributed by atoms with Crippen LogP contribution in [0.15, 0.2) is 166 Å². The van der Waals surface area contributed by atoms with Gasteiger partial charge in [0.1, 0.15) is 40.1 Å². The lowest BCUT2D eigenvalue weighted by Gasteiger charge is -2.20. The molecule has 8 aromatic rings. The Morgan fingerprint density at radius 3 is 2.04 bits per heavy atom. The summed E-state index contributed by atoms with van der Waals surface area (Å²) in [6.45, 7) is 14.9. The Kier molecular flexibility index (Phi) is 23.9. The number of thioether (sulfide) groups is 2. The van der Waals surface area contributed by atoms with Gasteiger partial charge < -0.3 is 30.3 Å². The summed E-state index contributed by atoms with van der Waals surface area (Å²) in [5.41, 5.74) is 12.1. The number of carbonyl (C=O) groups is 5. The van der Waals surface area contributed by atoms with Gasteiger partial charge in [-0.25, -0.2) is 10.0 Å². The molecule has 3 amide bonds. The number of aryl methyl sites for hydroxylation is 6. The molecule has 5 N–H and O–H groups in total. The number of hydrazine groups is 1. The molecule has 1 fully saturated rings. The van der Waals surface area contributed by atoms with Gasteiger partial charge >= 0.3 is 5.97 Å². The van der Waals surface area contributed by atoms with Gasteiger partial charge in [0.05, 0.1) is 51.1 Å². The number of rotatable bonds is 18. The quantitative estimate of drug-likeness (QED) is 0.0307. The minimum Gasteiger partial charge on any atom is -0.506 e. The van der Waals surface area contributed by atoms with Gasteiger partial charge in [-0.1, -0.05) is 126 Å². The Hall–Kier alpha value is -8.76. The maximum Gasteiger partial charge on any atom is 0.304 e. The van der Waals surface area contributed by atoms with Gasteiger partial charge in [-0.05, 0) is 166 Å². The number of methoxy groups -OCH3 is 1. The molecule has 0 bridgehead atoms. The number of phenolic OH excluding ortho intramolecular Hbond substituents is 1. The van der Waals surface area contributed by atoms with Crippen LogP contribution in [0.5, 0.6) is 17.2 Å². The third-order valence-electron chi connectivity index (χ3n) is 13.7. The van der Waals surface area contributed by atoms with Crippen LogP contribution in [0.4, 0.5) is 22.7 Å². The zero-order valence-corrected chi connectivity index (χ0v) is 54.2. The first kappa shape index (κ1) is 67.7. The zero-order valence-electron chi connectivity index (χ0n) is 50.3. The highest BCUT2D eigenvalue weighted by molar-refractivity contribution is 8.01. The van der Waals surface area contributed by atoms with Crippen molar-refractivity contribution < 1.29 is 43.7 Å². The van der Waals surface area contributed by atoms with Crippen LogP contribution in [0, 0.1) is 52.9 Å². The average molecular weight is 1290 g/mol. The summed E-state index contributed by atoms with van der Waals surface area (Å²) in [5.74, 6) is -0.119. The number of carbonyl (C=O) groups excluding carboxylic acids is 4. The Balaban J connectivity index is 0.000000221. The minimum atomic E-state index is -0.872. The lowest BCUT2D eigenvalue weighted by molar-refractivity contribution is -0.136. The molecule has 1 aliphatic rings. The smallest absolute Gasteiger partial charge is 0.304 e. The number of nitrogens with one attached hydrogen (secondary N) is 3. The third kappa shape index (κ3) is 18.0. The van der Waals surface area contributed by atoms with Crippen molar-refractivity contribution in [3.05, 3.63) is 211 Å². The second-order valence-corrected chi connectivity index (χ2v) is 24.2. The van der Waals surface area contributed by atoms with Crippen LogP contribution in [0.2, 0.25) is 15.1 Å². The Morgan fingerprint density at radius 1 is 0.753 bits per heavy atom. The van der Waals surface area contributed by atoms with E-state index in [4.69, 9.17) is 59.6 Å². The van der Waals surface area contributed by atoms with E-state index in [0.717, 1.165) is 55.0 Å². The molecular weight excluding hydrogens is 1230 g/mol. The van der Waals surface area contributed by atoms with Crippen molar-refractivity contribution in [1.29, 1.82) is 5.26 Å². The number of benzene rings is 8. The molecule has 458 valence electrons. The van der Waals surface area contributed by atoms with Gasteiger partial charge in [-0.3, -0.25) is 29.4 Å². The lowest BCUT2D eigenvalue weighted by atomic mass is 10.0. The number of Topliss-reactive ketones (excluding diaryl/α,β-unsaturated/α-hetero) is 1. The number of halogens is 3. The van der Waals surface area contributed by atoms with Crippen molar-refractivity contribution >= 4 is 133 Å². The third-order valence-corrected chi connectivity index (χ3v) is 16.9. The predicted molar refractivity (Wildman–Crippen MR) is 360 cm³/mol. The Bertz CT molecular complexity index is 4070. The zero-order chi connectivity index (χ0) is 64.6. The first-order chi connectivity index (χ1) is 42.5. The molecule has 2 unspecified atom stereocenters. The Labute approximate surface area is 541 Å². The average Bonchev–Trinajstić information content (AvgIpc) is 2.20. The van der Waals surface area contributed by atoms with Gasteiger partial charge in [0.2, 0.25) is 0 Å². The van der Waals surface area contributed by atoms with Gasteiger partial charge in [-0.2, -0.15) is 5.26 Å². The van der Waals surface area contributed by atoms with Crippen molar-refractivity contribution in [3.8, 4) is 23.3 Å². The number of ether oxygens (including phenoxy) is 2. The fourth-order valence-corrected chi connectivity index (χ4v) is 12.0. The van der Waals surface area contributed by atoms with Crippen LogP contribution in [0.3, 0.4) is 0 Å². The van der Waals surface area contributed by atoms with Crippen LogP contribution in [0.1, 0.15) is 76.0 Å². The highest BCUT2D eigenvalue weighted by Crippen LogP contribution is 2.42. The van der Waals surface area contributed by atoms with Crippen LogP contribution < -0.4 is 30.5 Å². The number of para-hydroxylation sites is 1. The maximum absolute atomic E-state index is 14.1. The van der Waals surface area contributed by atoms with Crippen molar-refractivity contribution in [1.82, 2.24) is 5.43 Å². The molecule has 0 aromatic heterocycles. The summed E-state index contributed by atoms with van der Waals surface area (Å²) in [5, 5.41) is 37.0. The Morgan fingerprint density at radius 2 is 1.39 bits per heavy atom. The number of hydrogen-bond donors (Lipinski definition) is 5. The fraction of sp³-hybridized carbons (Fsp3) is 0.203. The molecule has 0 radical (unpaired) electrons. The van der Waals surface area contributed by atoms with Crippen LogP contribution in [0.25, 0.3) is 16.8 Å². The van der Waals surface area contributed by atoms with E-state index in [-0.39, 0.29) is 40.9 Å². The minimum absolute atomic E-state index is 0.0177. The van der Waals surface area contributed by atoms with E-state index in [1.165, 1.54) is 35.5 Å². The van der Waals surface area contributed by atoms with Gasteiger partial charge in [0.15, 0.2) is 11.9 Å². The number of nitriles is 1. The SMILES string of the molecule is CCC(Oc1ccc(C)cc1C)C(=O)Nc1ccccc1SC1C(=O)N(c2c(Cl)cc(C)cc2Cl)NC1=Nc1cc(C)ccc1Cl.COc1ccc(/C=C(/C#N)C(C)=O)cc1.Cc1ccc(C)c(NC(=O)c2cc(SCCC(=O)O)c3ccccc3c2O)c1. The molecule has 0 aliphatic carbocycles. The fourth-order valence-electron chi connectivity index (χ4n) is 8.99. The molecule has 89 heavy (non-hydrogen) atoms. The van der Waals surface area contributed by atoms with E-state index in [0.29, 0.717) is 71.9 Å². The monoisotopic (exact) mass is 1290 g/mol. The summed E-state index contributed by atoms with van der Waals surface area (Å²) in [6, 6.07) is 45.7. The number of anilines is 3.